The molecule has 0 radical (unpaired) electrons. The van der Waals surface area contributed by atoms with Gasteiger partial charge in [-0.3, -0.25) is 4.90 Å². The monoisotopic (exact) mass is 394 g/mol. The Morgan fingerprint density at radius 1 is 1.16 bits per heavy atom. The molecule has 0 aliphatic carbocycles. The highest BCUT2D eigenvalue weighted by Gasteiger charge is 2.29. The smallest absolute Gasteiger partial charge is 0.314 e. The molecule has 1 aliphatic heterocycles. The maximum Gasteiger partial charge on any atom is 0.446 e. The molecule has 1 aromatic carbocycles. The minimum Gasteiger partial charge on any atom is -0.314 e. The quantitative estimate of drug-likeness (QED) is 0.360. The lowest BCUT2D eigenvalue weighted by Gasteiger charge is -2.35. The van der Waals surface area contributed by atoms with E-state index in [9.17, 15) is 13.2 Å². The van der Waals surface area contributed by atoms with Gasteiger partial charge in [-0.2, -0.15) is 13.2 Å². The second-order valence-electron chi connectivity index (χ2n) is 5.99. The summed E-state index contributed by atoms with van der Waals surface area (Å²) in [5.41, 5.74) is -3.12. The summed E-state index contributed by atoms with van der Waals surface area (Å²) in [6.45, 7) is 7.63. The Morgan fingerprint density at radius 3 is 2.36 bits per heavy atom. The van der Waals surface area contributed by atoms with Gasteiger partial charge in [0.2, 0.25) is 0 Å². The van der Waals surface area contributed by atoms with Crippen LogP contribution in [0.2, 0.25) is 0 Å². The van der Waals surface area contributed by atoms with Gasteiger partial charge < -0.3 is 5.32 Å². The Bertz CT molecular complexity index is 502. The van der Waals surface area contributed by atoms with Crippen LogP contribution in [-0.4, -0.2) is 36.6 Å². The van der Waals surface area contributed by atoms with Crippen LogP contribution in [0, 0.1) is 0 Å². The molecule has 1 atom stereocenters. The highest BCUT2D eigenvalue weighted by atomic mass is 35.5. The van der Waals surface area contributed by atoms with Gasteiger partial charge in [0.25, 0.3) is 0 Å². The number of hydrogen-bond acceptors (Lipinski definition) is 3. The number of halogens is 4. The number of hydrogen-bond donors (Lipinski definition) is 1. The third kappa shape index (κ3) is 8.03. The standard InChI is InChI=1S/C18H25F3N2S.ClH/c1-2-3-4-5-6-17(23-13-11-22-12-14-23)15-7-9-16(10-8-15)24-18(19,20)21;/h2,7-10,17,22H,1,3-6,11-14H2;1H/t17-;/m0./s1. The fourth-order valence-electron chi connectivity index (χ4n) is 3.07. The number of nitrogens with one attached hydrogen (secondary N) is 1. The maximum atomic E-state index is 12.5. The Balaban J connectivity index is 0.00000312. The predicted octanol–water partition coefficient (Wildman–Crippen LogP) is 5.41. The molecule has 0 saturated carbocycles. The Kier molecular flexibility index (Phi) is 9.94. The number of benzene rings is 1. The van der Waals surface area contributed by atoms with Crippen molar-refractivity contribution in [3.8, 4) is 0 Å². The molecule has 0 unspecified atom stereocenters. The van der Waals surface area contributed by atoms with E-state index in [2.05, 4.69) is 16.8 Å². The lowest BCUT2D eigenvalue weighted by molar-refractivity contribution is -0.0328. The highest BCUT2D eigenvalue weighted by Crippen LogP contribution is 2.37. The number of rotatable bonds is 8. The minimum atomic E-state index is -4.23. The SMILES string of the molecule is C=CCCCC[C@@H](c1ccc(SC(F)(F)F)cc1)N1CCNCC1.Cl. The fourth-order valence-corrected chi connectivity index (χ4v) is 3.61. The largest absolute Gasteiger partial charge is 0.446 e. The number of unbranched alkanes of at least 4 members (excludes halogenated alkanes) is 2. The van der Waals surface area contributed by atoms with Crippen molar-refractivity contribution < 1.29 is 13.2 Å². The van der Waals surface area contributed by atoms with Crippen molar-refractivity contribution in [1.82, 2.24) is 10.2 Å². The summed E-state index contributed by atoms with van der Waals surface area (Å²) in [7, 11) is 0. The lowest BCUT2D eigenvalue weighted by atomic mass is 9.98. The predicted molar refractivity (Wildman–Crippen MR) is 101 cm³/mol. The first-order chi connectivity index (χ1) is 11.5. The topological polar surface area (TPSA) is 15.3 Å². The van der Waals surface area contributed by atoms with Gasteiger partial charge in [0, 0.05) is 37.1 Å². The Hall–Kier alpha value is -0.690. The Labute approximate surface area is 158 Å². The molecular formula is C18H26ClF3N2S. The molecule has 2 nitrogen and oxygen atoms in total. The van der Waals surface area contributed by atoms with Crippen LogP contribution in [0.4, 0.5) is 13.2 Å². The van der Waals surface area contributed by atoms with Gasteiger partial charge in [-0.1, -0.05) is 24.6 Å². The second kappa shape index (κ2) is 11.1. The average molecular weight is 395 g/mol. The molecule has 1 fully saturated rings. The van der Waals surface area contributed by atoms with E-state index in [1.54, 1.807) is 12.1 Å². The average Bonchev–Trinajstić information content (AvgIpc) is 2.55. The normalized spacial score (nSPS) is 16.9. The van der Waals surface area contributed by atoms with Crippen LogP contribution in [0.5, 0.6) is 0 Å². The summed E-state index contributed by atoms with van der Waals surface area (Å²) < 4.78 is 37.4. The van der Waals surface area contributed by atoms with E-state index in [0.717, 1.165) is 57.4 Å². The van der Waals surface area contributed by atoms with E-state index in [1.165, 1.54) is 0 Å². The van der Waals surface area contributed by atoms with Crippen LogP contribution in [0.3, 0.4) is 0 Å². The van der Waals surface area contributed by atoms with Gasteiger partial charge in [-0.25, -0.2) is 0 Å². The first kappa shape index (κ1) is 22.4. The molecule has 1 N–H and O–H groups in total. The van der Waals surface area contributed by atoms with Crippen LogP contribution < -0.4 is 5.32 Å². The van der Waals surface area contributed by atoms with Crippen molar-refractivity contribution >= 4 is 24.2 Å². The van der Waals surface area contributed by atoms with Crippen molar-refractivity contribution in [1.29, 1.82) is 0 Å². The van der Waals surface area contributed by atoms with E-state index < -0.39 is 5.51 Å². The van der Waals surface area contributed by atoms with E-state index >= 15 is 0 Å². The number of piperazine rings is 1. The summed E-state index contributed by atoms with van der Waals surface area (Å²) in [6.07, 6.45) is 6.17. The van der Waals surface area contributed by atoms with Crippen LogP contribution in [0.15, 0.2) is 41.8 Å². The van der Waals surface area contributed by atoms with Gasteiger partial charge in [0.1, 0.15) is 0 Å². The second-order valence-corrected chi connectivity index (χ2v) is 7.13. The van der Waals surface area contributed by atoms with Crippen LogP contribution in [0.1, 0.15) is 37.3 Å². The first-order valence-electron chi connectivity index (χ1n) is 8.41. The van der Waals surface area contributed by atoms with Crippen molar-refractivity contribution in [2.45, 2.75) is 42.1 Å². The summed E-state index contributed by atoms with van der Waals surface area (Å²) >= 11 is -0.0535. The van der Waals surface area contributed by atoms with Crippen molar-refractivity contribution in [3.05, 3.63) is 42.5 Å². The van der Waals surface area contributed by atoms with Gasteiger partial charge >= 0.3 is 5.51 Å². The maximum absolute atomic E-state index is 12.5. The molecular weight excluding hydrogens is 369 g/mol. The number of alkyl halides is 3. The van der Waals surface area contributed by atoms with Crippen LogP contribution >= 0.6 is 24.2 Å². The Morgan fingerprint density at radius 2 is 1.80 bits per heavy atom. The van der Waals surface area contributed by atoms with E-state index in [0.29, 0.717) is 0 Å². The van der Waals surface area contributed by atoms with E-state index in [-0.39, 0.29) is 35.1 Å². The first-order valence-corrected chi connectivity index (χ1v) is 9.22. The molecule has 2 rings (SSSR count). The summed E-state index contributed by atoms with van der Waals surface area (Å²) in [5, 5.41) is 3.35. The van der Waals surface area contributed by atoms with Gasteiger partial charge in [0.05, 0.1) is 0 Å². The van der Waals surface area contributed by atoms with Gasteiger partial charge in [-0.05, 0) is 48.7 Å². The van der Waals surface area contributed by atoms with Crippen LogP contribution in [-0.2, 0) is 0 Å². The molecule has 0 aromatic heterocycles. The zero-order chi connectivity index (χ0) is 17.4. The number of thioether (sulfide) groups is 1. The molecule has 1 aliphatic rings. The lowest BCUT2D eigenvalue weighted by Crippen LogP contribution is -2.45. The molecule has 1 heterocycles. The number of allylic oxidation sites excluding steroid dienone is 1. The van der Waals surface area contributed by atoms with Crippen molar-refractivity contribution in [2.75, 3.05) is 26.2 Å². The molecule has 0 spiro atoms. The third-order valence-corrected chi connectivity index (χ3v) is 4.97. The third-order valence-electron chi connectivity index (χ3n) is 4.23. The zero-order valence-corrected chi connectivity index (χ0v) is 15.9. The summed E-state index contributed by atoms with van der Waals surface area (Å²) in [5.74, 6) is 0. The summed E-state index contributed by atoms with van der Waals surface area (Å²) in [4.78, 5) is 2.69. The molecule has 1 aromatic rings. The molecule has 0 amide bonds. The molecule has 7 heteroatoms. The number of nitrogens with zero attached hydrogens (tertiary/aromatic N) is 1. The zero-order valence-electron chi connectivity index (χ0n) is 14.2. The molecule has 142 valence electrons. The minimum absolute atomic E-state index is 0. The fraction of sp³-hybridized carbons (Fsp3) is 0.556. The molecule has 0 bridgehead atoms. The summed E-state index contributed by atoms with van der Waals surface area (Å²) in [6, 6.07) is 7.17. The van der Waals surface area contributed by atoms with Gasteiger partial charge in [-0.15, -0.1) is 19.0 Å². The molecule has 1 saturated heterocycles. The van der Waals surface area contributed by atoms with E-state index in [1.807, 2.05) is 18.2 Å². The molecule has 25 heavy (non-hydrogen) atoms. The van der Waals surface area contributed by atoms with Gasteiger partial charge in [0.15, 0.2) is 0 Å². The van der Waals surface area contributed by atoms with Crippen molar-refractivity contribution in [3.63, 3.8) is 0 Å². The van der Waals surface area contributed by atoms with Crippen LogP contribution in [0.25, 0.3) is 0 Å². The van der Waals surface area contributed by atoms with E-state index in [4.69, 9.17) is 0 Å². The van der Waals surface area contributed by atoms with Crippen molar-refractivity contribution in [2.24, 2.45) is 0 Å². The highest BCUT2D eigenvalue weighted by molar-refractivity contribution is 8.00.